The topological polar surface area (TPSA) is 59.5 Å². The molecule has 1 heterocycles. The maximum atomic E-state index is 12.5. The van der Waals surface area contributed by atoms with E-state index in [1.165, 1.54) is 6.26 Å². The molecule has 4 nitrogen and oxygen atoms in total. The molecular weight excluding hydrogens is 356 g/mol. The number of carbonyl (C=O) groups is 1. The Morgan fingerprint density at radius 2 is 2.00 bits per heavy atom. The molecule has 21 heavy (non-hydrogen) atoms. The van der Waals surface area contributed by atoms with Gasteiger partial charge in [0, 0.05) is 19.2 Å². The number of hydrogen-bond acceptors (Lipinski definition) is 3. The Kier molecular flexibility index (Phi) is 7.50. The van der Waals surface area contributed by atoms with Crippen LogP contribution in [0.25, 0.3) is 0 Å². The normalized spacial score (nSPS) is 10.0. The molecule has 0 atom stereocenters. The molecule has 1 aromatic carbocycles. The zero-order chi connectivity index (χ0) is 14.4. The van der Waals surface area contributed by atoms with Crippen molar-refractivity contribution in [2.75, 3.05) is 13.1 Å². The third kappa shape index (κ3) is 5.19. The van der Waals surface area contributed by atoms with Crippen LogP contribution in [-0.2, 0) is 6.54 Å². The first kappa shape index (κ1) is 17.8. The number of rotatable bonds is 6. The van der Waals surface area contributed by atoms with Gasteiger partial charge in [-0.3, -0.25) is 4.79 Å². The van der Waals surface area contributed by atoms with Gasteiger partial charge in [0.25, 0.3) is 5.91 Å². The van der Waals surface area contributed by atoms with Crippen LogP contribution in [0.4, 0.5) is 0 Å². The lowest BCUT2D eigenvalue weighted by molar-refractivity contribution is 0.0741. The zero-order valence-corrected chi connectivity index (χ0v) is 13.9. The molecule has 0 saturated carbocycles. The molecule has 0 aliphatic heterocycles. The summed E-state index contributed by atoms with van der Waals surface area (Å²) in [5.41, 5.74) is 7.19. The van der Waals surface area contributed by atoms with E-state index < -0.39 is 0 Å². The third-order valence-electron chi connectivity index (χ3n) is 2.95. The fourth-order valence-electron chi connectivity index (χ4n) is 1.94. The highest BCUT2D eigenvalue weighted by molar-refractivity contribution is 9.10. The highest BCUT2D eigenvalue weighted by Gasteiger charge is 2.17. The van der Waals surface area contributed by atoms with Crippen molar-refractivity contribution in [1.29, 1.82) is 0 Å². The molecule has 0 fully saturated rings. The van der Waals surface area contributed by atoms with Gasteiger partial charge in [-0.15, -0.1) is 12.4 Å². The van der Waals surface area contributed by atoms with Gasteiger partial charge >= 0.3 is 0 Å². The van der Waals surface area contributed by atoms with Crippen molar-refractivity contribution in [2.24, 2.45) is 5.73 Å². The van der Waals surface area contributed by atoms with Crippen molar-refractivity contribution in [3.05, 3.63) is 58.5 Å². The number of hydrogen-bond donors (Lipinski definition) is 1. The molecule has 0 unspecified atom stereocenters. The van der Waals surface area contributed by atoms with Crippen LogP contribution >= 0.6 is 28.3 Å². The molecule has 1 aromatic heterocycles. The van der Waals surface area contributed by atoms with Gasteiger partial charge in [-0.2, -0.15) is 0 Å². The van der Waals surface area contributed by atoms with E-state index in [-0.39, 0.29) is 18.3 Å². The van der Waals surface area contributed by atoms with Crippen LogP contribution in [0.1, 0.15) is 22.3 Å². The van der Waals surface area contributed by atoms with Crippen LogP contribution in [0.3, 0.4) is 0 Å². The van der Waals surface area contributed by atoms with E-state index in [4.69, 9.17) is 10.2 Å². The summed E-state index contributed by atoms with van der Waals surface area (Å²) in [6.07, 6.45) is 2.24. The minimum Gasteiger partial charge on any atom is -0.457 e. The van der Waals surface area contributed by atoms with Crippen molar-refractivity contribution >= 4 is 34.2 Å². The molecule has 2 aromatic rings. The molecular formula is C15H18BrClN2O2. The first-order valence-electron chi connectivity index (χ1n) is 6.48. The highest BCUT2D eigenvalue weighted by atomic mass is 79.9. The Morgan fingerprint density at radius 3 is 2.57 bits per heavy atom. The maximum absolute atomic E-state index is 12.5. The summed E-state index contributed by atoms with van der Waals surface area (Å²) in [7, 11) is 0. The molecule has 1 amide bonds. The largest absolute Gasteiger partial charge is 0.457 e. The van der Waals surface area contributed by atoms with E-state index >= 15 is 0 Å². The zero-order valence-electron chi connectivity index (χ0n) is 11.5. The average molecular weight is 374 g/mol. The van der Waals surface area contributed by atoms with Crippen LogP contribution in [0.5, 0.6) is 0 Å². The Labute approximate surface area is 138 Å². The van der Waals surface area contributed by atoms with Crippen molar-refractivity contribution in [3.63, 3.8) is 0 Å². The Balaban J connectivity index is 0.00000220. The minimum atomic E-state index is -0.0447. The van der Waals surface area contributed by atoms with Gasteiger partial charge in [0.2, 0.25) is 0 Å². The first-order chi connectivity index (χ1) is 9.70. The van der Waals surface area contributed by atoms with Crippen LogP contribution in [-0.4, -0.2) is 23.9 Å². The lowest BCUT2D eigenvalue weighted by Crippen LogP contribution is -2.32. The molecule has 0 aliphatic rings. The van der Waals surface area contributed by atoms with Gasteiger partial charge in [0.15, 0.2) is 4.67 Å². The van der Waals surface area contributed by atoms with Crippen LogP contribution < -0.4 is 5.73 Å². The first-order valence-corrected chi connectivity index (χ1v) is 7.27. The van der Waals surface area contributed by atoms with Gasteiger partial charge in [-0.25, -0.2) is 0 Å². The molecule has 2 rings (SSSR count). The lowest BCUT2D eigenvalue weighted by atomic mass is 10.2. The minimum absolute atomic E-state index is 0. The Hall–Kier alpha value is -1.30. The van der Waals surface area contributed by atoms with E-state index in [9.17, 15) is 4.79 Å². The third-order valence-corrected chi connectivity index (χ3v) is 3.37. The van der Waals surface area contributed by atoms with Gasteiger partial charge in [-0.05, 0) is 34.5 Å². The number of nitrogens with two attached hydrogens (primary N) is 1. The summed E-state index contributed by atoms with van der Waals surface area (Å²) >= 11 is 3.21. The summed E-state index contributed by atoms with van der Waals surface area (Å²) < 4.78 is 5.69. The molecule has 0 spiro atoms. The second-order valence-corrected chi connectivity index (χ2v) is 5.28. The average Bonchev–Trinajstić information content (AvgIpc) is 2.90. The molecule has 114 valence electrons. The monoisotopic (exact) mass is 372 g/mol. The van der Waals surface area contributed by atoms with Gasteiger partial charge in [-0.1, -0.05) is 30.3 Å². The number of carbonyl (C=O) groups excluding carboxylic acids is 1. The van der Waals surface area contributed by atoms with E-state index in [2.05, 4.69) is 15.9 Å². The van der Waals surface area contributed by atoms with E-state index in [0.717, 1.165) is 12.0 Å². The second-order valence-electron chi connectivity index (χ2n) is 4.49. The summed E-state index contributed by atoms with van der Waals surface area (Å²) in [6.45, 7) is 1.77. The van der Waals surface area contributed by atoms with Gasteiger partial charge in [0.05, 0.1) is 5.56 Å². The number of amides is 1. The standard InChI is InChI=1S/C15H17BrN2O2.ClH/c16-14-9-13(11-20-14)15(19)18(8-4-7-17)10-12-5-2-1-3-6-12;/h1-3,5-6,9,11H,4,7-8,10,17H2;1H. The molecule has 0 saturated heterocycles. The number of benzene rings is 1. The Bertz CT molecular complexity index is 560. The van der Waals surface area contributed by atoms with Crippen molar-refractivity contribution < 1.29 is 9.21 Å². The predicted octanol–water partition coefficient (Wildman–Crippen LogP) is 3.46. The maximum Gasteiger partial charge on any atom is 0.257 e. The van der Waals surface area contributed by atoms with E-state index in [1.54, 1.807) is 11.0 Å². The molecule has 0 bridgehead atoms. The van der Waals surface area contributed by atoms with Crippen molar-refractivity contribution in [1.82, 2.24) is 4.90 Å². The SMILES string of the molecule is Cl.NCCCN(Cc1ccccc1)C(=O)c1coc(Br)c1. The summed E-state index contributed by atoms with van der Waals surface area (Å²) in [6, 6.07) is 11.6. The van der Waals surface area contributed by atoms with Gasteiger partial charge in [0.1, 0.15) is 6.26 Å². The number of halogens is 2. The summed E-state index contributed by atoms with van der Waals surface area (Å²) in [4.78, 5) is 14.3. The van der Waals surface area contributed by atoms with Gasteiger partial charge < -0.3 is 15.1 Å². The van der Waals surface area contributed by atoms with Crippen molar-refractivity contribution in [3.8, 4) is 0 Å². The Morgan fingerprint density at radius 1 is 1.29 bits per heavy atom. The fourth-order valence-corrected chi connectivity index (χ4v) is 2.28. The molecule has 0 radical (unpaired) electrons. The van der Waals surface area contributed by atoms with E-state index in [1.807, 2.05) is 30.3 Å². The van der Waals surface area contributed by atoms with Crippen LogP contribution in [0.2, 0.25) is 0 Å². The second kappa shape index (κ2) is 8.87. The predicted molar refractivity (Wildman–Crippen MR) is 88.5 cm³/mol. The lowest BCUT2D eigenvalue weighted by Gasteiger charge is -2.22. The molecule has 6 heteroatoms. The fraction of sp³-hybridized carbons (Fsp3) is 0.267. The number of nitrogens with zero attached hydrogens (tertiary/aromatic N) is 1. The van der Waals surface area contributed by atoms with Crippen LogP contribution in [0.15, 0.2) is 51.7 Å². The number of furan rings is 1. The van der Waals surface area contributed by atoms with Crippen LogP contribution in [0, 0.1) is 0 Å². The smallest absolute Gasteiger partial charge is 0.257 e. The molecule has 0 aliphatic carbocycles. The molecule has 2 N–H and O–H groups in total. The summed E-state index contributed by atoms with van der Waals surface area (Å²) in [5.74, 6) is -0.0447. The quantitative estimate of drug-likeness (QED) is 0.843. The summed E-state index contributed by atoms with van der Waals surface area (Å²) in [5, 5.41) is 0. The van der Waals surface area contributed by atoms with Crippen molar-refractivity contribution in [2.45, 2.75) is 13.0 Å². The van der Waals surface area contributed by atoms with E-state index in [0.29, 0.717) is 29.9 Å². The highest BCUT2D eigenvalue weighted by Crippen LogP contribution is 2.17.